The lowest BCUT2D eigenvalue weighted by atomic mass is 10.1. The molecule has 0 fully saturated rings. The molecule has 7 N–H and O–H groups in total. The van der Waals surface area contributed by atoms with Gasteiger partial charge in [-0.15, -0.1) is 0 Å². The van der Waals surface area contributed by atoms with E-state index in [4.69, 9.17) is 58.9 Å². The summed E-state index contributed by atoms with van der Waals surface area (Å²) in [5.74, 6) is -8.97. The molecule has 1 heterocycles. The zero-order valence-corrected chi connectivity index (χ0v) is 41.2. The average molecular weight is 1110 g/mol. The van der Waals surface area contributed by atoms with Crippen LogP contribution in [0.2, 0.25) is 10.0 Å². The summed E-state index contributed by atoms with van der Waals surface area (Å²) in [4.78, 5) is 80.5. The van der Waals surface area contributed by atoms with E-state index in [1.807, 2.05) is 6.21 Å². The van der Waals surface area contributed by atoms with Gasteiger partial charge in [-0.2, -0.15) is 13.2 Å². The van der Waals surface area contributed by atoms with Crippen molar-refractivity contribution < 1.29 is 95.6 Å². The maximum Gasteiger partial charge on any atom is 0.417 e. The first-order chi connectivity index (χ1) is 35.7. The van der Waals surface area contributed by atoms with Crippen molar-refractivity contribution in [1.82, 2.24) is 4.98 Å². The molecule has 1 aliphatic carbocycles. The molecular weight excluding hydrogens is 1060 g/mol. The van der Waals surface area contributed by atoms with Crippen molar-refractivity contribution in [3.05, 3.63) is 169 Å². The van der Waals surface area contributed by atoms with E-state index in [1.165, 1.54) is 48.2 Å². The molecular formula is C52H48Cl2F6N2O14. The zero-order valence-electron chi connectivity index (χ0n) is 39.7. The molecule has 24 heteroatoms. The van der Waals surface area contributed by atoms with Gasteiger partial charge in [0.25, 0.3) is 0 Å². The third-order valence-electron chi connectivity index (χ3n) is 9.97. The van der Waals surface area contributed by atoms with Gasteiger partial charge in [0.1, 0.15) is 23.2 Å². The number of pyridine rings is 1. The number of alkyl halides is 3. The summed E-state index contributed by atoms with van der Waals surface area (Å²) < 4.78 is 74.6. The predicted molar refractivity (Wildman–Crippen MR) is 264 cm³/mol. The number of nitrogens with zero attached hydrogens (tertiary/aromatic N) is 2. The maximum absolute atomic E-state index is 12.8. The van der Waals surface area contributed by atoms with Crippen LogP contribution >= 0.6 is 23.2 Å². The average Bonchev–Trinajstić information content (AvgIpc) is 3.82. The molecule has 16 nitrogen and oxygen atoms in total. The largest absolute Gasteiger partial charge is 0.481 e. The number of ketones is 1. The molecule has 4 aromatic carbocycles. The van der Waals surface area contributed by atoms with E-state index in [2.05, 4.69) is 28.2 Å². The van der Waals surface area contributed by atoms with Gasteiger partial charge in [0, 0.05) is 62.2 Å². The van der Waals surface area contributed by atoms with Crippen LogP contribution in [0.3, 0.4) is 0 Å². The van der Waals surface area contributed by atoms with Crippen LogP contribution in [0.4, 0.5) is 32.0 Å². The molecule has 0 amide bonds. The second kappa shape index (κ2) is 32.4. The number of carbonyl (C=O) groups excluding carboxylic acids is 1. The number of halogens is 8. The number of aliphatic hydroxyl groups excluding tert-OH is 1. The fourth-order valence-corrected chi connectivity index (χ4v) is 6.56. The smallest absolute Gasteiger partial charge is 0.417 e. The van der Waals surface area contributed by atoms with Gasteiger partial charge in [-0.25, -0.2) is 27.6 Å². The van der Waals surface area contributed by atoms with Crippen LogP contribution in [0.5, 0.6) is 0 Å². The molecule has 406 valence electrons. The van der Waals surface area contributed by atoms with E-state index in [1.54, 1.807) is 24.3 Å². The molecule has 5 aromatic rings. The highest BCUT2D eigenvalue weighted by Gasteiger charge is 2.31. The van der Waals surface area contributed by atoms with Gasteiger partial charge in [0.2, 0.25) is 0 Å². The van der Waals surface area contributed by atoms with Crippen molar-refractivity contribution in [1.29, 1.82) is 0 Å². The summed E-state index contributed by atoms with van der Waals surface area (Å²) in [6, 6.07) is 20.1. The molecule has 0 saturated carbocycles. The van der Waals surface area contributed by atoms with Crippen molar-refractivity contribution in [2.45, 2.75) is 82.9 Å². The van der Waals surface area contributed by atoms with Gasteiger partial charge < -0.3 is 35.7 Å². The molecule has 1 unspecified atom stereocenters. The first-order valence-corrected chi connectivity index (χ1v) is 23.0. The number of aryl methyl sites for hydroxylation is 3. The van der Waals surface area contributed by atoms with Gasteiger partial charge in [-0.1, -0.05) is 41.4 Å². The molecule has 0 spiro atoms. The number of carboxylic acids is 6. The van der Waals surface area contributed by atoms with Crippen LogP contribution < -0.4 is 0 Å². The van der Waals surface area contributed by atoms with Crippen molar-refractivity contribution >= 4 is 82.8 Å². The summed E-state index contributed by atoms with van der Waals surface area (Å²) in [6.07, 6.45) is 2.71. The Morgan fingerprint density at radius 2 is 1.25 bits per heavy atom. The number of carbonyl (C=O) groups is 7. The van der Waals surface area contributed by atoms with E-state index in [0.29, 0.717) is 30.7 Å². The molecule has 0 radical (unpaired) electrons. The van der Waals surface area contributed by atoms with Crippen molar-refractivity contribution in [2.24, 2.45) is 4.99 Å². The Morgan fingerprint density at radius 1 is 0.658 bits per heavy atom. The van der Waals surface area contributed by atoms with Gasteiger partial charge in [-0.3, -0.25) is 29.2 Å². The van der Waals surface area contributed by atoms with E-state index >= 15 is 0 Å². The van der Waals surface area contributed by atoms with E-state index in [9.17, 15) is 59.9 Å². The molecule has 76 heavy (non-hydrogen) atoms. The van der Waals surface area contributed by atoms with Crippen molar-refractivity contribution in [3.8, 4) is 0 Å². The summed E-state index contributed by atoms with van der Waals surface area (Å²) in [6.45, 7) is 0. The third-order valence-corrected chi connectivity index (χ3v) is 10.6. The molecule has 0 aliphatic heterocycles. The van der Waals surface area contributed by atoms with Crippen LogP contribution in [0.25, 0.3) is 6.08 Å². The molecule has 1 aromatic heterocycles. The second-order valence-electron chi connectivity index (χ2n) is 15.8. The first-order valence-electron chi connectivity index (χ1n) is 22.3. The van der Waals surface area contributed by atoms with Crippen molar-refractivity contribution in [3.63, 3.8) is 0 Å². The van der Waals surface area contributed by atoms with E-state index < -0.39 is 76.7 Å². The highest BCUT2D eigenvalue weighted by atomic mass is 35.5. The molecule has 1 aliphatic rings. The number of carboxylic acid groups (broad SMARTS) is 6. The normalized spacial score (nSPS) is 11.8. The Bertz CT molecular complexity index is 2860. The number of aromatic carboxylic acids is 1. The van der Waals surface area contributed by atoms with Crippen molar-refractivity contribution in [2.75, 3.05) is 0 Å². The van der Waals surface area contributed by atoms with Gasteiger partial charge in [0.05, 0.1) is 39.0 Å². The standard InChI is InChI=1S/C17H15NO2.C9H7ClF3NO2.C9H6ClFO2.C9H14O5.C8H6F2O3/c19-17(20)14-6-8-16(9-7-14)18-11-12-4-5-13-2-1-3-15(13)10-12;10-6-3-5(9(11,12)13)4-14-7(6)1-2-8(15)16;10-7-3-1-6(5-8(7)11)2-4-9(12)13;10-7(3-1-5-8(11)12)4-2-6-9(13)14;9-4-1-2-5(6(10)3-4)7(11)8(12)13/h4-11H,1-3H2,(H,19,20);3-4H,1-2H2,(H,15,16);1-5H,(H,12,13);1-6H2,(H,11,12)(H,13,14);1-3,7,11H,(H,12,13). The fourth-order valence-electron chi connectivity index (χ4n) is 6.18. The minimum absolute atomic E-state index is 0.00625. The Hall–Kier alpha value is -7.95. The quantitative estimate of drug-likeness (QED) is 0.0244. The number of aliphatic carboxylic acids is 5. The van der Waals surface area contributed by atoms with Crippen LogP contribution in [-0.4, -0.2) is 88.5 Å². The highest BCUT2D eigenvalue weighted by Crippen LogP contribution is 2.31. The number of hydrogen-bond donors (Lipinski definition) is 7. The van der Waals surface area contributed by atoms with Crippen LogP contribution in [0, 0.1) is 17.5 Å². The summed E-state index contributed by atoms with van der Waals surface area (Å²) >= 11 is 11.0. The minimum atomic E-state index is -4.50. The Morgan fingerprint density at radius 3 is 1.76 bits per heavy atom. The monoisotopic (exact) mass is 1110 g/mol. The number of aliphatic imine (C=N–C) groups is 1. The fraction of sp³-hybridized carbons (Fsp3) is 0.250. The highest BCUT2D eigenvalue weighted by molar-refractivity contribution is 6.31. The second-order valence-corrected chi connectivity index (χ2v) is 16.6. The maximum atomic E-state index is 12.8. The number of rotatable bonds is 18. The summed E-state index contributed by atoms with van der Waals surface area (Å²) in [7, 11) is 0. The van der Waals surface area contributed by atoms with Crippen LogP contribution in [-0.2, 0) is 54.2 Å². The molecule has 1 atom stereocenters. The van der Waals surface area contributed by atoms with Crippen LogP contribution in [0.1, 0.15) is 107 Å². The number of hydrogen-bond acceptors (Lipinski definition) is 10. The first kappa shape index (κ1) is 64.2. The predicted octanol–water partition coefficient (Wildman–Crippen LogP) is 11.1. The van der Waals surface area contributed by atoms with E-state index in [-0.39, 0.29) is 65.6 Å². The molecule has 0 bridgehead atoms. The third kappa shape index (κ3) is 25.3. The lowest BCUT2D eigenvalue weighted by Crippen LogP contribution is -2.12. The van der Waals surface area contributed by atoms with E-state index in [0.717, 1.165) is 41.9 Å². The number of fused-ring (bicyclic) bond motifs is 1. The lowest BCUT2D eigenvalue weighted by molar-refractivity contribution is -0.147. The lowest BCUT2D eigenvalue weighted by Gasteiger charge is -2.08. The number of Topliss-reactive ketones (excluding diaryl/α,β-unsaturated/α-hetero) is 1. The number of benzene rings is 4. The van der Waals surface area contributed by atoms with Gasteiger partial charge in [0.15, 0.2) is 6.10 Å². The SMILES string of the molecule is O=C(O)C(O)c1ccc(F)cc1F.O=C(O)C=Cc1ccc(Cl)c(F)c1.O=C(O)CCCC(=O)CCCC(=O)O.O=C(O)CCc1ncc(C(F)(F)F)cc1Cl.O=C(O)c1ccc(N=Cc2ccc3c(c2)CCC3)cc1. The summed E-state index contributed by atoms with van der Waals surface area (Å²) in [5.41, 5.74) is 4.22. The number of aliphatic hydroxyl groups is 1. The van der Waals surface area contributed by atoms with Gasteiger partial charge >= 0.3 is 42.0 Å². The minimum Gasteiger partial charge on any atom is -0.481 e. The van der Waals surface area contributed by atoms with Gasteiger partial charge in [-0.05, 0) is 121 Å². The molecule has 6 rings (SSSR count). The topological polar surface area (TPSA) is 286 Å². The van der Waals surface area contributed by atoms with Crippen LogP contribution in [0.15, 0.2) is 102 Å². The Kier molecular flexibility index (Phi) is 27.3. The zero-order chi connectivity index (χ0) is 57.1. The number of aromatic nitrogens is 1. The molecule has 0 saturated heterocycles. The summed E-state index contributed by atoms with van der Waals surface area (Å²) in [5, 5.41) is 59.2. The Balaban J connectivity index is 0.000000329. The Labute approximate surface area is 439 Å².